The summed E-state index contributed by atoms with van der Waals surface area (Å²) >= 11 is 1.27. The SMILES string of the molecule is CNC(=O)CSC1CC(=O)C(CC2CCC(C(=O)NC)CC2)C1=O. The lowest BCUT2D eigenvalue weighted by Crippen LogP contribution is -2.31. The maximum atomic E-state index is 12.5. The van der Waals surface area contributed by atoms with Gasteiger partial charge in [0.1, 0.15) is 5.78 Å². The fraction of sp³-hybridized carbons (Fsp3) is 0.765. The molecule has 24 heavy (non-hydrogen) atoms. The van der Waals surface area contributed by atoms with Crippen LogP contribution in [0.5, 0.6) is 0 Å². The van der Waals surface area contributed by atoms with Gasteiger partial charge in [-0.05, 0) is 38.0 Å². The summed E-state index contributed by atoms with van der Waals surface area (Å²) in [5.74, 6) is 0.0790. The highest BCUT2D eigenvalue weighted by Gasteiger charge is 2.42. The molecular formula is C17H26N2O4S. The first-order valence-electron chi connectivity index (χ1n) is 8.56. The van der Waals surface area contributed by atoms with E-state index in [2.05, 4.69) is 10.6 Å². The number of amides is 2. The molecule has 2 rings (SSSR count). The first-order valence-corrected chi connectivity index (χ1v) is 9.61. The molecule has 2 aliphatic rings. The molecule has 0 aromatic rings. The number of nitrogens with one attached hydrogen (secondary N) is 2. The normalized spacial score (nSPS) is 30.2. The number of carbonyl (C=O) groups is 4. The van der Waals surface area contributed by atoms with Gasteiger partial charge in [-0.15, -0.1) is 11.8 Å². The van der Waals surface area contributed by atoms with E-state index in [1.54, 1.807) is 14.1 Å². The first-order chi connectivity index (χ1) is 11.5. The van der Waals surface area contributed by atoms with Gasteiger partial charge in [-0.2, -0.15) is 0 Å². The summed E-state index contributed by atoms with van der Waals surface area (Å²) in [5, 5.41) is 4.84. The molecule has 2 fully saturated rings. The molecule has 2 N–H and O–H groups in total. The molecule has 7 heteroatoms. The van der Waals surface area contributed by atoms with Crippen molar-refractivity contribution >= 4 is 35.1 Å². The molecule has 2 aliphatic carbocycles. The lowest BCUT2D eigenvalue weighted by Gasteiger charge is -2.28. The average molecular weight is 354 g/mol. The second-order valence-electron chi connectivity index (χ2n) is 6.67. The molecule has 0 aromatic carbocycles. The van der Waals surface area contributed by atoms with Crippen LogP contribution in [0, 0.1) is 17.8 Å². The quantitative estimate of drug-likeness (QED) is 0.693. The fourth-order valence-electron chi connectivity index (χ4n) is 3.64. The van der Waals surface area contributed by atoms with Crippen molar-refractivity contribution < 1.29 is 19.2 Å². The third-order valence-electron chi connectivity index (χ3n) is 5.16. The van der Waals surface area contributed by atoms with Crippen molar-refractivity contribution in [3.05, 3.63) is 0 Å². The van der Waals surface area contributed by atoms with Crippen LogP contribution in [0.25, 0.3) is 0 Å². The van der Waals surface area contributed by atoms with E-state index in [1.165, 1.54) is 11.8 Å². The van der Waals surface area contributed by atoms with Crippen molar-refractivity contribution in [3.8, 4) is 0 Å². The summed E-state index contributed by atoms with van der Waals surface area (Å²) < 4.78 is 0. The van der Waals surface area contributed by atoms with Crippen LogP contribution in [0.2, 0.25) is 0 Å². The van der Waals surface area contributed by atoms with Crippen molar-refractivity contribution in [1.29, 1.82) is 0 Å². The third-order valence-corrected chi connectivity index (χ3v) is 6.39. The Labute approximate surface area is 146 Å². The van der Waals surface area contributed by atoms with Crippen LogP contribution in [0.3, 0.4) is 0 Å². The maximum Gasteiger partial charge on any atom is 0.229 e. The number of hydrogen-bond acceptors (Lipinski definition) is 5. The van der Waals surface area contributed by atoms with E-state index in [0.717, 1.165) is 25.7 Å². The van der Waals surface area contributed by atoms with E-state index in [0.29, 0.717) is 12.3 Å². The largest absolute Gasteiger partial charge is 0.359 e. The van der Waals surface area contributed by atoms with Crippen LogP contribution < -0.4 is 10.6 Å². The molecule has 0 bridgehead atoms. The third kappa shape index (κ3) is 4.59. The Hall–Kier alpha value is -1.37. The second-order valence-corrected chi connectivity index (χ2v) is 7.86. The van der Waals surface area contributed by atoms with Crippen LogP contribution in [0.15, 0.2) is 0 Å². The smallest absolute Gasteiger partial charge is 0.229 e. The van der Waals surface area contributed by atoms with E-state index >= 15 is 0 Å². The van der Waals surface area contributed by atoms with Crippen molar-refractivity contribution in [2.75, 3.05) is 19.8 Å². The summed E-state index contributed by atoms with van der Waals surface area (Å²) in [6.07, 6.45) is 4.30. The van der Waals surface area contributed by atoms with Gasteiger partial charge in [0.05, 0.1) is 16.9 Å². The Morgan fingerprint density at radius 3 is 2.33 bits per heavy atom. The molecule has 6 nitrogen and oxygen atoms in total. The van der Waals surface area contributed by atoms with Crippen LogP contribution in [0.4, 0.5) is 0 Å². The van der Waals surface area contributed by atoms with E-state index in [1.807, 2.05) is 0 Å². The standard InChI is InChI=1S/C17H26N2O4S/c1-18-15(21)9-24-14-8-13(20)12(16(14)22)7-10-3-5-11(6-4-10)17(23)19-2/h10-12,14H,3-9H2,1-2H3,(H,18,21)(H,19,23). The molecule has 0 heterocycles. The summed E-state index contributed by atoms with van der Waals surface area (Å²) in [7, 11) is 3.21. The van der Waals surface area contributed by atoms with Crippen molar-refractivity contribution in [2.24, 2.45) is 17.8 Å². The number of carbonyl (C=O) groups excluding carboxylic acids is 4. The van der Waals surface area contributed by atoms with Crippen molar-refractivity contribution in [2.45, 2.75) is 43.8 Å². The van der Waals surface area contributed by atoms with Crippen LogP contribution in [-0.4, -0.2) is 48.5 Å². The summed E-state index contributed by atoms with van der Waals surface area (Å²) in [4.78, 5) is 47.6. The van der Waals surface area contributed by atoms with Gasteiger partial charge in [-0.25, -0.2) is 0 Å². The fourth-order valence-corrected chi connectivity index (χ4v) is 4.75. The number of thioether (sulfide) groups is 1. The van der Waals surface area contributed by atoms with E-state index < -0.39 is 5.92 Å². The Morgan fingerprint density at radius 1 is 1.08 bits per heavy atom. The zero-order valence-electron chi connectivity index (χ0n) is 14.3. The van der Waals surface area contributed by atoms with Gasteiger partial charge in [-0.1, -0.05) is 0 Å². The zero-order valence-corrected chi connectivity index (χ0v) is 15.1. The van der Waals surface area contributed by atoms with Gasteiger partial charge >= 0.3 is 0 Å². The van der Waals surface area contributed by atoms with Crippen LogP contribution >= 0.6 is 11.8 Å². The number of rotatable bonds is 6. The minimum atomic E-state index is -0.506. The number of hydrogen-bond donors (Lipinski definition) is 2. The summed E-state index contributed by atoms with van der Waals surface area (Å²) in [6, 6.07) is 0. The Balaban J connectivity index is 1.82. The number of ketones is 2. The molecule has 0 radical (unpaired) electrons. The molecule has 2 atom stereocenters. The minimum absolute atomic E-state index is 0.0117. The summed E-state index contributed by atoms with van der Waals surface area (Å²) in [6.45, 7) is 0. The van der Waals surface area contributed by atoms with Crippen LogP contribution in [-0.2, 0) is 19.2 Å². The van der Waals surface area contributed by atoms with E-state index in [-0.39, 0.29) is 46.7 Å². The highest BCUT2D eigenvalue weighted by molar-refractivity contribution is 8.01. The second kappa shape index (κ2) is 8.65. The van der Waals surface area contributed by atoms with Gasteiger partial charge in [0.2, 0.25) is 11.8 Å². The lowest BCUT2D eigenvalue weighted by molar-refractivity contribution is -0.129. The van der Waals surface area contributed by atoms with Gasteiger partial charge in [0, 0.05) is 26.4 Å². The van der Waals surface area contributed by atoms with Gasteiger partial charge in [0.15, 0.2) is 5.78 Å². The predicted molar refractivity (Wildman–Crippen MR) is 92.6 cm³/mol. The van der Waals surface area contributed by atoms with Gasteiger partial charge < -0.3 is 10.6 Å². The molecule has 0 spiro atoms. The maximum absolute atomic E-state index is 12.5. The molecule has 0 saturated heterocycles. The predicted octanol–water partition coefficient (Wildman–Crippen LogP) is 0.935. The Kier molecular flexibility index (Phi) is 6.83. The van der Waals surface area contributed by atoms with E-state index in [4.69, 9.17) is 0 Å². The molecule has 0 aliphatic heterocycles. The van der Waals surface area contributed by atoms with Gasteiger partial charge in [-0.3, -0.25) is 19.2 Å². The first kappa shape index (κ1) is 19.0. The molecule has 2 saturated carbocycles. The zero-order chi connectivity index (χ0) is 17.7. The Morgan fingerprint density at radius 2 is 1.75 bits per heavy atom. The minimum Gasteiger partial charge on any atom is -0.359 e. The highest BCUT2D eigenvalue weighted by Crippen LogP contribution is 2.37. The van der Waals surface area contributed by atoms with Crippen molar-refractivity contribution in [3.63, 3.8) is 0 Å². The highest BCUT2D eigenvalue weighted by atomic mass is 32.2. The Bertz CT molecular complexity index is 515. The summed E-state index contributed by atoms with van der Waals surface area (Å²) in [5.41, 5.74) is 0. The van der Waals surface area contributed by atoms with E-state index in [9.17, 15) is 19.2 Å². The topological polar surface area (TPSA) is 92.3 Å². The molecule has 134 valence electrons. The molecule has 2 amide bonds. The lowest BCUT2D eigenvalue weighted by atomic mass is 9.77. The average Bonchev–Trinajstić information content (AvgIpc) is 2.87. The van der Waals surface area contributed by atoms with Gasteiger partial charge in [0.25, 0.3) is 0 Å². The van der Waals surface area contributed by atoms with Crippen molar-refractivity contribution in [1.82, 2.24) is 10.6 Å². The molecular weight excluding hydrogens is 328 g/mol. The molecule has 2 unspecified atom stereocenters. The monoisotopic (exact) mass is 354 g/mol. The van der Waals surface area contributed by atoms with Crippen LogP contribution in [0.1, 0.15) is 38.5 Å². The molecule has 0 aromatic heterocycles. The number of Topliss-reactive ketones (excluding diaryl/α,β-unsaturated/α-hetero) is 2.